The fourth-order valence-electron chi connectivity index (χ4n) is 0.754. The third kappa shape index (κ3) is 3.98. The maximum absolute atomic E-state index is 10.8. The summed E-state index contributed by atoms with van der Waals surface area (Å²) in [6.07, 6.45) is 0.653. The number of carbonyl (C=O) groups excluding carboxylic acids is 2. The molecule has 11 heavy (non-hydrogen) atoms. The predicted molar refractivity (Wildman–Crippen MR) is 43.4 cm³/mol. The standard InChI is InChI=1S/C7H12ClNO2/c1-6(10)9(7(2)11)5-3-4-8/h3-5H2,1-2H3. The molecule has 0 saturated heterocycles. The molecule has 0 fully saturated rings. The van der Waals surface area contributed by atoms with E-state index < -0.39 is 0 Å². The molecule has 0 aromatic rings. The second kappa shape index (κ2) is 5.13. The van der Waals surface area contributed by atoms with Crippen molar-refractivity contribution in [3.63, 3.8) is 0 Å². The maximum atomic E-state index is 10.8. The van der Waals surface area contributed by atoms with Crippen LogP contribution in [-0.4, -0.2) is 29.1 Å². The van der Waals surface area contributed by atoms with E-state index in [1.807, 2.05) is 0 Å². The molecule has 0 radical (unpaired) electrons. The first kappa shape index (κ1) is 10.4. The zero-order valence-corrected chi connectivity index (χ0v) is 7.52. The largest absolute Gasteiger partial charge is 0.283 e. The highest BCUT2D eigenvalue weighted by Gasteiger charge is 2.11. The van der Waals surface area contributed by atoms with Gasteiger partial charge in [-0.1, -0.05) is 0 Å². The summed E-state index contributed by atoms with van der Waals surface area (Å²) in [4.78, 5) is 22.7. The summed E-state index contributed by atoms with van der Waals surface area (Å²) >= 11 is 5.41. The molecule has 0 aromatic carbocycles. The molecule has 0 bridgehead atoms. The lowest BCUT2D eigenvalue weighted by Gasteiger charge is -2.15. The van der Waals surface area contributed by atoms with Crippen LogP contribution in [0.5, 0.6) is 0 Å². The molecule has 0 aliphatic heterocycles. The molecule has 0 saturated carbocycles. The van der Waals surface area contributed by atoms with Gasteiger partial charge in [-0.25, -0.2) is 0 Å². The summed E-state index contributed by atoms with van der Waals surface area (Å²) in [5, 5.41) is 0. The molecule has 4 heteroatoms. The predicted octanol–water partition coefficient (Wildman–Crippen LogP) is 1.01. The van der Waals surface area contributed by atoms with Crippen LogP contribution in [0.25, 0.3) is 0 Å². The Bertz CT molecular complexity index is 145. The third-order valence-corrected chi connectivity index (χ3v) is 1.54. The van der Waals surface area contributed by atoms with Crippen LogP contribution in [0.3, 0.4) is 0 Å². The molecule has 0 unspecified atom stereocenters. The highest BCUT2D eigenvalue weighted by atomic mass is 35.5. The number of hydrogen-bond donors (Lipinski definition) is 0. The minimum atomic E-state index is -0.220. The first-order chi connectivity index (χ1) is 5.09. The van der Waals surface area contributed by atoms with Crippen molar-refractivity contribution < 1.29 is 9.59 Å². The van der Waals surface area contributed by atoms with E-state index in [0.29, 0.717) is 18.8 Å². The number of amides is 2. The fraction of sp³-hybridized carbons (Fsp3) is 0.714. The van der Waals surface area contributed by atoms with Gasteiger partial charge >= 0.3 is 0 Å². The first-order valence-electron chi connectivity index (χ1n) is 3.44. The van der Waals surface area contributed by atoms with Gasteiger partial charge in [0.25, 0.3) is 0 Å². The summed E-state index contributed by atoms with van der Waals surface area (Å²) in [5.41, 5.74) is 0. The van der Waals surface area contributed by atoms with Crippen LogP contribution in [0, 0.1) is 0 Å². The average molecular weight is 178 g/mol. The zero-order chi connectivity index (χ0) is 8.85. The lowest BCUT2D eigenvalue weighted by atomic mass is 10.4. The second-order valence-corrected chi connectivity index (χ2v) is 2.61. The van der Waals surface area contributed by atoms with Gasteiger partial charge in [0.05, 0.1) is 0 Å². The zero-order valence-electron chi connectivity index (χ0n) is 6.76. The van der Waals surface area contributed by atoms with Crippen molar-refractivity contribution in [3.05, 3.63) is 0 Å². The summed E-state index contributed by atoms with van der Waals surface area (Å²) in [7, 11) is 0. The van der Waals surface area contributed by atoms with E-state index in [9.17, 15) is 9.59 Å². The Morgan fingerprint density at radius 1 is 1.27 bits per heavy atom. The molecule has 0 rings (SSSR count). The van der Waals surface area contributed by atoms with Crippen molar-refractivity contribution in [2.75, 3.05) is 12.4 Å². The minimum Gasteiger partial charge on any atom is -0.283 e. The van der Waals surface area contributed by atoms with Crippen molar-refractivity contribution in [1.29, 1.82) is 0 Å². The Morgan fingerprint density at radius 2 is 1.73 bits per heavy atom. The van der Waals surface area contributed by atoms with Crippen molar-refractivity contribution in [1.82, 2.24) is 4.90 Å². The van der Waals surface area contributed by atoms with Crippen LogP contribution in [-0.2, 0) is 9.59 Å². The Kier molecular flexibility index (Phi) is 4.86. The SMILES string of the molecule is CC(=O)N(CCCCl)C(C)=O. The molecule has 0 aromatic heterocycles. The van der Waals surface area contributed by atoms with Gasteiger partial charge in [0.15, 0.2) is 0 Å². The smallest absolute Gasteiger partial charge is 0.226 e. The molecule has 0 atom stereocenters. The normalized spacial score (nSPS) is 9.36. The maximum Gasteiger partial charge on any atom is 0.226 e. The van der Waals surface area contributed by atoms with Gasteiger partial charge in [-0.3, -0.25) is 14.5 Å². The van der Waals surface area contributed by atoms with Gasteiger partial charge in [0.2, 0.25) is 11.8 Å². The van der Waals surface area contributed by atoms with E-state index in [1.165, 1.54) is 18.7 Å². The molecule has 0 N–H and O–H groups in total. The number of alkyl halides is 1. The van der Waals surface area contributed by atoms with Gasteiger partial charge in [0.1, 0.15) is 0 Å². The third-order valence-electron chi connectivity index (χ3n) is 1.28. The van der Waals surface area contributed by atoms with Crippen molar-refractivity contribution in [2.24, 2.45) is 0 Å². The van der Waals surface area contributed by atoms with Gasteiger partial charge in [-0.15, -0.1) is 11.6 Å². The molecule has 64 valence electrons. The Morgan fingerprint density at radius 3 is 2.00 bits per heavy atom. The van der Waals surface area contributed by atoms with E-state index in [-0.39, 0.29) is 11.8 Å². The number of rotatable bonds is 3. The molecule has 0 heterocycles. The fourth-order valence-corrected chi connectivity index (χ4v) is 0.874. The van der Waals surface area contributed by atoms with E-state index in [0.717, 1.165) is 0 Å². The highest BCUT2D eigenvalue weighted by Crippen LogP contribution is 1.94. The van der Waals surface area contributed by atoms with Crippen LogP contribution in [0.2, 0.25) is 0 Å². The van der Waals surface area contributed by atoms with Crippen LogP contribution in [0.4, 0.5) is 0 Å². The molecular formula is C7H12ClNO2. The number of nitrogens with zero attached hydrogens (tertiary/aromatic N) is 1. The number of halogens is 1. The van der Waals surface area contributed by atoms with Crippen LogP contribution < -0.4 is 0 Å². The summed E-state index contributed by atoms with van der Waals surface area (Å²) < 4.78 is 0. The molecule has 0 aliphatic rings. The first-order valence-corrected chi connectivity index (χ1v) is 3.97. The lowest BCUT2D eigenvalue weighted by Crippen LogP contribution is -2.34. The topological polar surface area (TPSA) is 37.4 Å². The number of imide groups is 1. The molecule has 0 spiro atoms. The van der Waals surface area contributed by atoms with Crippen molar-refractivity contribution >= 4 is 23.4 Å². The van der Waals surface area contributed by atoms with Crippen LogP contribution in [0.1, 0.15) is 20.3 Å². The monoisotopic (exact) mass is 177 g/mol. The minimum absolute atomic E-state index is 0.220. The summed E-state index contributed by atoms with van der Waals surface area (Å²) in [5.74, 6) is 0.0297. The van der Waals surface area contributed by atoms with Crippen LogP contribution in [0.15, 0.2) is 0 Å². The number of carbonyl (C=O) groups is 2. The quantitative estimate of drug-likeness (QED) is 0.604. The Balaban J connectivity index is 3.90. The molecular weight excluding hydrogens is 166 g/mol. The van der Waals surface area contributed by atoms with Gasteiger partial charge in [-0.2, -0.15) is 0 Å². The van der Waals surface area contributed by atoms with E-state index in [4.69, 9.17) is 11.6 Å². The molecule has 2 amide bonds. The van der Waals surface area contributed by atoms with Crippen molar-refractivity contribution in [3.8, 4) is 0 Å². The van der Waals surface area contributed by atoms with Crippen molar-refractivity contribution in [2.45, 2.75) is 20.3 Å². The molecule has 0 aliphatic carbocycles. The van der Waals surface area contributed by atoms with E-state index >= 15 is 0 Å². The van der Waals surface area contributed by atoms with E-state index in [1.54, 1.807) is 0 Å². The second-order valence-electron chi connectivity index (χ2n) is 2.23. The number of hydrogen-bond acceptors (Lipinski definition) is 2. The lowest BCUT2D eigenvalue weighted by molar-refractivity contribution is -0.142. The Hall–Kier alpha value is -0.570. The molecule has 3 nitrogen and oxygen atoms in total. The average Bonchev–Trinajstić information content (AvgIpc) is 1.87. The van der Waals surface area contributed by atoms with Gasteiger partial charge in [-0.05, 0) is 6.42 Å². The van der Waals surface area contributed by atoms with Gasteiger partial charge < -0.3 is 0 Å². The Labute approximate surface area is 71.3 Å². The van der Waals surface area contributed by atoms with Crippen LogP contribution >= 0.6 is 11.6 Å². The van der Waals surface area contributed by atoms with E-state index in [2.05, 4.69) is 0 Å². The highest BCUT2D eigenvalue weighted by molar-refractivity contribution is 6.17. The summed E-state index contributed by atoms with van der Waals surface area (Å²) in [6, 6.07) is 0. The van der Waals surface area contributed by atoms with Gasteiger partial charge in [0, 0.05) is 26.3 Å². The summed E-state index contributed by atoms with van der Waals surface area (Å²) in [6.45, 7) is 3.17.